The molecule has 0 saturated carbocycles. The van der Waals surface area contributed by atoms with Crippen LogP contribution in [0.1, 0.15) is 23.7 Å². The van der Waals surface area contributed by atoms with Crippen molar-refractivity contribution in [3.63, 3.8) is 0 Å². The van der Waals surface area contributed by atoms with Gasteiger partial charge in [-0.05, 0) is 36.4 Å². The van der Waals surface area contributed by atoms with E-state index >= 15 is 0 Å². The van der Waals surface area contributed by atoms with Crippen molar-refractivity contribution in [1.82, 2.24) is 4.57 Å². The molecule has 0 amide bonds. The third-order valence-corrected chi connectivity index (χ3v) is 4.35. The van der Waals surface area contributed by atoms with Crippen molar-refractivity contribution in [2.45, 2.75) is 13.3 Å². The summed E-state index contributed by atoms with van der Waals surface area (Å²) in [6.07, 6.45) is 0.536. The molecule has 112 valence electrons. The highest BCUT2D eigenvalue weighted by Crippen LogP contribution is 2.31. The summed E-state index contributed by atoms with van der Waals surface area (Å²) in [6.45, 7) is 1.89. The van der Waals surface area contributed by atoms with Gasteiger partial charge in [0, 0.05) is 28.4 Å². The van der Waals surface area contributed by atoms with Crippen molar-refractivity contribution in [1.29, 1.82) is 0 Å². The van der Waals surface area contributed by atoms with E-state index in [1.807, 2.05) is 31.2 Å². The Labute approximate surface area is 135 Å². The number of hydrogen-bond acceptors (Lipinski definition) is 1. The summed E-state index contributed by atoms with van der Waals surface area (Å²) in [4.78, 5) is 11.8. The average molecular weight is 299 g/mol. The van der Waals surface area contributed by atoms with E-state index in [2.05, 4.69) is 53.1 Å². The highest BCUT2D eigenvalue weighted by Gasteiger charge is 2.11. The Morgan fingerprint density at radius 1 is 0.783 bits per heavy atom. The van der Waals surface area contributed by atoms with Crippen molar-refractivity contribution >= 4 is 27.6 Å². The number of fused-ring (bicyclic) bond motifs is 3. The van der Waals surface area contributed by atoms with Gasteiger partial charge in [0.05, 0.1) is 11.0 Å². The van der Waals surface area contributed by atoms with Gasteiger partial charge < -0.3 is 4.57 Å². The first-order chi connectivity index (χ1) is 11.3. The number of rotatable bonds is 3. The molecule has 3 aromatic carbocycles. The number of aromatic nitrogens is 1. The molecule has 0 aliphatic rings. The Morgan fingerprint density at radius 3 is 1.83 bits per heavy atom. The maximum atomic E-state index is 11.8. The molecule has 0 spiro atoms. The van der Waals surface area contributed by atoms with E-state index in [9.17, 15) is 4.79 Å². The lowest BCUT2D eigenvalue weighted by molar-refractivity contribution is 0.0988. The van der Waals surface area contributed by atoms with Gasteiger partial charge in [0.1, 0.15) is 0 Å². The molecule has 0 fully saturated rings. The van der Waals surface area contributed by atoms with Crippen LogP contribution in [-0.2, 0) is 0 Å². The molecule has 0 bridgehead atoms. The summed E-state index contributed by atoms with van der Waals surface area (Å²) in [5.41, 5.74) is 4.22. The fourth-order valence-corrected chi connectivity index (χ4v) is 3.20. The van der Waals surface area contributed by atoms with Crippen molar-refractivity contribution in [3.05, 3.63) is 78.4 Å². The molecule has 4 aromatic rings. The lowest BCUT2D eigenvalue weighted by Crippen LogP contribution is -1.98. The molecule has 1 heterocycles. The molecular weight excluding hydrogens is 282 g/mol. The fourth-order valence-electron chi connectivity index (χ4n) is 3.20. The summed E-state index contributed by atoms with van der Waals surface area (Å²) < 4.78 is 2.25. The van der Waals surface area contributed by atoms with Crippen LogP contribution in [0.15, 0.2) is 72.8 Å². The minimum atomic E-state index is 0.179. The van der Waals surface area contributed by atoms with Gasteiger partial charge in [0.15, 0.2) is 5.78 Å². The molecule has 23 heavy (non-hydrogen) atoms. The minimum absolute atomic E-state index is 0.179. The van der Waals surface area contributed by atoms with Gasteiger partial charge in [-0.25, -0.2) is 0 Å². The van der Waals surface area contributed by atoms with Crippen LogP contribution in [0.4, 0.5) is 0 Å². The second-order valence-corrected chi connectivity index (χ2v) is 5.69. The van der Waals surface area contributed by atoms with E-state index in [0.29, 0.717) is 6.42 Å². The minimum Gasteiger partial charge on any atom is -0.309 e. The van der Waals surface area contributed by atoms with Crippen molar-refractivity contribution < 1.29 is 4.79 Å². The topological polar surface area (TPSA) is 22.0 Å². The number of carbonyl (C=O) groups is 1. The zero-order valence-corrected chi connectivity index (χ0v) is 13.0. The van der Waals surface area contributed by atoms with E-state index in [1.165, 1.54) is 21.8 Å². The van der Waals surface area contributed by atoms with Crippen molar-refractivity contribution in [2.24, 2.45) is 0 Å². The predicted octanol–water partition coefficient (Wildman–Crippen LogP) is 5.38. The molecule has 4 rings (SSSR count). The Kier molecular flexibility index (Phi) is 3.23. The summed E-state index contributed by atoms with van der Waals surface area (Å²) in [7, 11) is 0. The maximum Gasteiger partial charge on any atom is 0.162 e. The number of ketones is 1. The average Bonchev–Trinajstić information content (AvgIpc) is 2.96. The molecular formula is C21H17NO. The molecule has 0 radical (unpaired) electrons. The molecule has 1 aromatic heterocycles. The first-order valence-electron chi connectivity index (χ1n) is 7.91. The second-order valence-electron chi connectivity index (χ2n) is 5.69. The summed E-state index contributed by atoms with van der Waals surface area (Å²) in [5, 5.41) is 2.49. The SMILES string of the molecule is CCC(=O)c1ccc(-n2c3ccccc3c3ccccc32)cc1. The van der Waals surface area contributed by atoms with Crippen LogP contribution >= 0.6 is 0 Å². The van der Waals surface area contributed by atoms with Gasteiger partial charge >= 0.3 is 0 Å². The molecule has 0 aliphatic carbocycles. The van der Waals surface area contributed by atoms with Gasteiger partial charge in [0.2, 0.25) is 0 Å². The zero-order valence-electron chi connectivity index (χ0n) is 13.0. The maximum absolute atomic E-state index is 11.8. The summed E-state index contributed by atoms with van der Waals surface area (Å²) in [5.74, 6) is 0.179. The normalized spacial score (nSPS) is 11.2. The van der Waals surface area contributed by atoms with Crippen LogP contribution < -0.4 is 0 Å². The smallest absolute Gasteiger partial charge is 0.162 e. The van der Waals surface area contributed by atoms with Gasteiger partial charge in [-0.2, -0.15) is 0 Å². The fraction of sp³-hybridized carbons (Fsp3) is 0.0952. The summed E-state index contributed by atoms with van der Waals surface area (Å²) >= 11 is 0. The monoisotopic (exact) mass is 299 g/mol. The zero-order chi connectivity index (χ0) is 15.8. The van der Waals surface area contributed by atoms with Gasteiger partial charge in [0.25, 0.3) is 0 Å². The molecule has 0 aliphatic heterocycles. The third kappa shape index (κ3) is 2.15. The predicted molar refractivity (Wildman–Crippen MR) is 95.4 cm³/mol. The van der Waals surface area contributed by atoms with E-state index in [4.69, 9.17) is 0 Å². The van der Waals surface area contributed by atoms with Crippen LogP contribution in [0.2, 0.25) is 0 Å². The number of carbonyl (C=O) groups excluding carboxylic acids is 1. The largest absolute Gasteiger partial charge is 0.309 e. The Balaban J connectivity index is 1.98. The van der Waals surface area contributed by atoms with Crippen molar-refractivity contribution in [2.75, 3.05) is 0 Å². The lowest BCUT2D eigenvalue weighted by Gasteiger charge is -2.08. The highest BCUT2D eigenvalue weighted by molar-refractivity contribution is 6.09. The molecule has 0 atom stereocenters. The van der Waals surface area contributed by atoms with E-state index in [-0.39, 0.29) is 5.78 Å². The van der Waals surface area contributed by atoms with Crippen LogP contribution in [0.5, 0.6) is 0 Å². The van der Waals surface area contributed by atoms with Crippen LogP contribution in [0, 0.1) is 0 Å². The van der Waals surface area contributed by atoms with Gasteiger partial charge in [-0.3, -0.25) is 4.79 Å². The number of para-hydroxylation sites is 2. The number of benzene rings is 3. The molecule has 0 saturated heterocycles. The van der Waals surface area contributed by atoms with Crippen LogP contribution in [-0.4, -0.2) is 10.4 Å². The quantitative estimate of drug-likeness (QED) is 0.466. The molecule has 0 N–H and O–H groups in total. The van der Waals surface area contributed by atoms with E-state index < -0.39 is 0 Å². The van der Waals surface area contributed by atoms with Crippen LogP contribution in [0.25, 0.3) is 27.5 Å². The molecule has 0 unspecified atom stereocenters. The number of nitrogens with zero attached hydrogens (tertiary/aromatic N) is 1. The summed E-state index contributed by atoms with van der Waals surface area (Å²) in [6, 6.07) is 24.8. The van der Waals surface area contributed by atoms with Gasteiger partial charge in [-0.1, -0.05) is 43.3 Å². The van der Waals surface area contributed by atoms with E-state index in [0.717, 1.165) is 11.3 Å². The first kappa shape index (κ1) is 13.8. The molecule has 2 heteroatoms. The van der Waals surface area contributed by atoms with Crippen LogP contribution in [0.3, 0.4) is 0 Å². The Morgan fingerprint density at radius 2 is 1.30 bits per heavy atom. The number of hydrogen-bond donors (Lipinski definition) is 0. The Bertz CT molecular complexity index is 956. The van der Waals surface area contributed by atoms with Crippen molar-refractivity contribution in [3.8, 4) is 5.69 Å². The second kappa shape index (κ2) is 5.40. The Hall–Kier alpha value is -2.87. The van der Waals surface area contributed by atoms with E-state index in [1.54, 1.807) is 0 Å². The molecule has 2 nitrogen and oxygen atoms in total. The lowest BCUT2D eigenvalue weighted by atomic mass is 10.1. The standard InChI is InChI=1S/C21H17NO/c1-2-21(23)15-11-13-16(14-12-15)22-19-9-5-3-7-17(19)18-8-4-6-10-20(18)22/h3-14H,2H2,1H3. The first-order valence-corrected chi connectivity index (χ1v) is 7.91. The third-order valence-electron chi connectivity index (χ3n) is 4.35. The van der Waals surface area contributed by atoms with Gasteiger partial charge in [-0.15, -0.1) is 0 Å². The highest BCUT2D eigenvalue weighted by atomic mass is 16.1. The number of Topliss-reactive ketones (excluding diaryl/α,β-unsaturated/α-hetero) is 1.